The van der Waals surface area contributed by atoms with E-state index in [1.165, 1.54) is 15.6 Å². The Hall–Kier alpha value is -2.35. The van der Waals surface area contributed by atoms with Crippen LogP contribution in [0.2, 0.25) is 0 Å². The first-order valence-electron chi connectivity index (χ1n) is 8.14. The summed E-state index contributed by atoms with van der Waals surface area (Å²) >= 11 is 1.67. The van der Waals surface area contributed by atoms with Crippen LogP contribution in [-0.2, 0) is 17.7 Å². The molecule has 0 bridgehead atoms. The van der Waals surface area contributed by atoms with Crippen LogP contribution < -0.4 is 16.2 Å². The van der Waals surface area contributed by atoms with Crippen LogP contribution in [-0.4, -0.2) is 34.6 Å². The van der Waals surface area contributed by atoms with Gasteiger partial charge in [-0.15, -0.1) is 11.3 Å². The molecule has 1 amide bonds. The highest BCUT2D eigenvalue weighted by molar-refractivity contribution is 7.09. The molecular weight excluding hydrogens is 340 g/mol. The molecule has 0 aliphatic carbocycles. The van der Waals surface area contributed by atoms with Gasteiger partial charge in [0.2, 0.25) is 0 Å². The van der Waals surface area contributed by atoms with Crippen LogP contribution in [0.5, 0.6) is 0 Å². The van der Waals surface area contributed by atoms with Crippen molar-refractivity contribution in [1.82, 2.24) is 15.1 Å². The zero-order valence-electron chi connectivity index (χ0n) is 14.7. The topological polar surface area (TPSA) is 85.2 Å². The first-order chi connectivity index (χ1) is 11.8. The number of anilines is 1. The van der Waals surface area contributed by atoms with Crippen LogP contribution in [0, 0.1) is 0 Å². The summed E-state index contributed by atoms with van der Waals surface area (Å²) in [5, 5.41) is 11.9. The average Bonchev–Trinajstić information content (AvgIpc) is 3.02. The summed E-state index contributed by atoms with van der Waals surface area (Å²) in [4.78, 5) is 24.8. The minimum absolute atomic E-state index is 0.151. The predicted molar refractivity (Wildman–Crippen MR) is 99.2 cm³/mol. The number of carbonyl (C=O) groups is 1. The molecule has 2 rings (SSSR count). The lowest BCUT2D eigenvalue weighted by Crippen LogP contribution is -2.35. The second-order valence-electron chi connectivity index (χ2n) is 6.49. The third-order valence-corrected chi connectivity index (χ3v) is 4.08. The molecule has 2 N–H and O–H groups in total. The van der Waals surface area contributed by atoms with Crippen LogP contribution in [0.3, 0.4) is 0 Å². The molecule has 0 spiro atoms. The smallest absolute Gasteiger partial charge is 0.407 e. The third-order valence-electron chi connectivity index (χ3n) is 3.14. The third kappa shape index (κ3) is 6.96. The van der Waals surface area contributed by atoms with E-state index < -0.39 is 11.7 Å². The van der Waals surface area contributed by atoms with Crippen molar-refractivity contribution in [3.8, 4) is 0 Å². The summed E-state index contributed by atoms with van der Waals surface area (Å²) in [6.07, 6.45) is 1.94. The molecule has 7 nitrogen and oxygen atoms in total. The SMILES string of the molecule is CC(C)(C)OC(=O)NCCNc1cnn(CCc2cccs2)c(=O)c1. The van der Waals surface area contributed by atoms with E-state index in [-0.39, 0.29) is 5.56 Å². The van der Waals surface area contributed by atoms with Gasteiger partial charge in [0.1, 0.15) is 5.60 Å². The van der Waals surface area contributed by atoms with E-state index in [0.717, 1.165) is 6.42 Å². The molecule has 0 unspecified atom stereocenters. The highest BCUT2D eigenvalue weighted by Gasteiger charge is 2.15. The average molecular weight is 364 g/mol. The molecular formula is C17H24N4O3S. The quantitative estimate of drug-likeness (QED) is 0.737. The fourth-order valence-electron chi connectivity index (χ4n) is 2.05. The molecule has 0 radical (unpaired) electrons. The maximum atomic E-state index is 12.1. The molecule has 2 heterocycles. The number of aryl methyl sites for hydroxylation is 2. The summed E-state index contributed by atoms with van der Waals surface area (Å²) in [5.41, 5.74) is -0.0419. The number of ether oxygens (including phenoxy) is 1. The lowest BCUT2D eigenvalue weighted by atomic mass is 10.2. The number of thiophene rings is 1. The number of carbonyl (C=O) groups excluding carboxylic acids is 1. The number of nitrogens with zero attached hydrogens (tertiary/aromatic N) is 2. The Morgan fingerprint density at radius 2 is 2.16 bits per heavy atom. The monoisotopic (exact) mass is 364 g/mol. The molecule has 0 saturated heterocycles. The first kappa shape index (κ1) is 19.0. The number of hydrogen-bond donors (Lipinski definition) is 2. The van der Waals surface area contributed by atoms with E-state index in [9.17, 15) is 9.59 Å². The minimum atomic E-state index is -0.519. The molecule has 136 valence electrons. The van der Waals surface area contributed by atoms with Gasteiger partial charge in [-0.05, 0) is 32.2 Å². The van der Waals surface area contributed by atoms with Gasteiger partial charge in [0.25, 0.3) is 5.56 Å². The Balaban J connectivity index is 1.75. The fourth-order valence-corrected chi connectivity index (χ4v) is 2.75. The zero-order valence-corrected chi connectivity index (χ0v) is 15.6. The van der Waals surface area contributed by atoms with Crippen LogP contribution >= 0.6 is 11.3 Å². The minimum Gasteiger partial charge on any atom is -0.444 e. The summed E-state index contributed by atoms with van der Waals surface area (Å²) in [6.45, 7) is 6.84. The lowest BCUT2D eigenvalue weighted by Gasteiger charge is -2.19. The molecule has 2 aromatic rings. The van der Waals surface area contributed by atoms with E-state index in [0.29, 0.717) is 25.3 Å². The van der Waals surface area contributed by atoms with Crippen molar-refractivity contribution in [1.29, 1.82) is 0 Å². The van der Waals surface area contributed by atoms with E-state index >= 15 is 0 Å². The van der Waals surface area contributed by atoms with Crippen molar-refractivity contribution in [2.75, 3.05) is 18.4 Å². The van der Waals surface area contributed by atoms with Gasteiger partial charge in [0, 0.05) is 37.0 Å². The van der Waals surface area contributed by atoms with Crippen LogP contribution in [0.15, 0.2) is 34.6 Å². The molecule has 25 heavy (non-hydrogen) atoms. The van der Waals surface area contributed by atoms with Gasteiger partial charge in [-0.3, -0.25) is 4.79 Å². The number of nitrogens with one attached hydrogen (secondary N) is 2. The van der Waals surface area contributed by atoms with E-state index in [1.807, 2.05) is 38.3 Å². The van der Waals surface area contributed by atoms with Gasteiger partial charge in [-0.1, -0.05) is 6.07 Å². The Kier molecular flexibility index (Phi) is 6.58. The van der Waals surface area contributed by atoms with Crippen molar-refractivity contribution in [2.24, 2.45) is 0 Å². The van der Waals surface area contributed by atoms with Crippen LogP contribution in [0.25, 0.3) is 0 Å². The normalized spacial score (nSPS) is 11.2. The molecule has 0 aromatic carbocycles. The van der Waals surface area contributed by atoms with Gasteiger partial charge in [-0.2, -0.15) is 5.10 Å². The number of alkyl carbamates (subject to hydrolysis) is 1. The highest BCUT2D eigenvalue weighted by Crippen LogP contribution is 2.09. The fraction of sp³-hybridized carbons (Fsp3) is 0.471. The molecule has 0 fully saturated rings. The Morgan fingerprint density at radius 3 is 2.80 bits per heavy atom. The number of rotatable bonds is 7. The van der Waals surface area contributed by atoms with Gasteiger partial charge in [-0.25, -0.2) is 9.48 Å². The molecule has 2 aromatic heterocycles. The summed E-state index contributed by atoms with van der Waals surface area (Å²) < 4.78 is 6.59. The second-order valence-corrected chi connectivity index (χ2v) is 7.52. The molecule has 0 aliphatic heterocycles. The molecule has 0 atom stereocenters. The van der Waals surface area contributed by atoms with Crippen molar-refractivity contribution < 1.29 is 9.53 Å². The lowest BCUT2D eigenvalue weighted by molar-refractivity contribution is 0.0530. The van der Waals surface area contributed by atoms with Gasteiger partial charge < -0.3 is 15.4 Å². The van der Waals surface area contributed by atoms with Crippen LogP contribution in [0.4, 0.5) is 10.5 Å². The number of hydrogen-bond acceptors (Lipinski definition) is 6. The maximum Gasteiger partial charge on any atom is 0.407 e. The summed E-state index contributed by atoms with van der Waals surface area (Å²) in [5.74, 6) is 0. The number of amides is 1. The second kappa shape index (κ2) is 8.66. The molecule has 0 saturated carbocycles. The van der Waals surface area contributed by atoms with E-state index in [4.69, 9.17) is 4.74 Å². The Bertz CT molecular complexity index is 735. The summed E-state index contributed by atoms with van der Waals surface area (Å²) in [6, 6.07) is 5.55. The Morgan fingerprint density at radius 1 is 1.36 bits per heavy atom. The first-order valence-corrected chi connectivity index (χ1v) is 9.02. The van der Waals surface area contributed by atoms with Crippen molar-refractivity contribution >= 4 is 23.1 Å². The Labute approximate surface area is 151 Å². The van der Waals surface area contributed by atoms with Gasteiger partial charge in [0.15, 0.2) is 0 Å². The number of aromatic nitrogens is 2. The van der Waals surface area contributed by atoms with Gasteiger partial charge in [0.05, 0.1) is 11.9 Å². The van der Waals surface area contributed by atoms with Crippen molar-refractivity contribution in [2.45, 2.75) is 39.3 Å². The molecule has 8 heteroatoms. The van der Waals surface area contributed by atoms with Gasteiger partial charge >= 0.3 is 6.09 Å². The summed E-state index contributed by atoms with van der Waals surface area (Å²) in [7, 11) is 0. The maximum absolute atomic E-state index is 12.1. The van der Waals surface area contributed by atoms with Crippen molar-refractivity contribution in [3.63, 3.8) is 0 Å². The standard InChI is InChI=1S/C17H24N4O3S/c1-17(2,3)24-16(23)19-8-7-18-13-11-15(22)21(20-12-13)9-6-14-5-4-10-25-14/h4-5,10-12,18H,6-9H2,1-3H3,(H,19,23). The highest BCUT2D eigenvalue weighted by atomic mass is 32.1. The van der Waals surface area contributed by atoms with Crippen molar-refractivity contribution in [3.05, 3.63) is 45.0 Å². The van der Waals surface area contributed by atoms with E-state index in [2.05, 4.69) is 15.7 Å². The largest absolute Gasteiger partial charge is 0.444 e. The molecule has 0 aliphatic rings. The van der Waals surface area contributed by atoms with E-state index in [1.54, 1.807) is 17.5 Å². The predicted octanol–water partition coefficient (Wildman–Crippen LogP) is 2.48. The zero-order chi connectivity index (χ0) is 18.3. The van der Waals surface area contributed by atoms with Crippen LogP contribution in [0.1, 0.15) is 25.6 Å².